The van der Waals surface area contributed by atoms with Crippen LogP contribution in [0.25, 0.3) is 0 Å². The molecule has 0 saturated carbocycles. The fourth-order valence-corrected chi connectivity index (χ4v) is 1.49. The molecular weight excluding hydrogens is 168 g/mol. The Hall–Kier alpha value is -1.22. The second kappa shape index (κ2) is 3.45. The third kappa shape index (κ3) is 1.68. The van der Waals surface area contributed by atoms with Crippen LogP contribution < -0.4 is 0 Å². The summed E-state index contributed by atoms with van der Waals surface area (Å²) in [6.45, 7) is 0. The second-order valence-corrected chi connectivity index (χ2v) is 3.12. The lowest BCUT2D eigenvalue weighted by Crippen LogP contribution is -1.87. The molecule has 59 valence electrons. The first-order valence-corrected chi connectivity index (χ1v) is 4.52. The number of thiazole rings is 1. The van der Waals surface area contributed by atoms with Gasteiger partial charge in [0.05, 0.1) is 5.69 Å². The van der Waals surface area contributed by atoms with E-state index >= 15 is 0 Å². The third-order valence-electron chi connectivity index (χ3n) is 1.57. The quantitative estimate of drug-likeness (QED) is 0.697. The zero-order valence-corrected chi connectivity index (χ0v) is 7.21. The molecule has 1 radical (unpaired) electrons. The van der Waals surface area contributed by atoms with Gasteiger partial charge in [-0.1, -0.05) is 0 Å². The first kappa shape index (κ1) is 7.43. The van der Waals surface area contributed by atoms with Crippen LogP contribution in [0.1, 0.15) is 11.3 Å². The minimum atomic E-state index is 0.878. The van der Waals surface area contributed by atoms with Crippen molar-refractivity contribution in [2.24, 2.45) is 0 Å². The normalized spacial score (nSPS) is 10.0. The van der Waals surface area contributed by atoms with Crippen molar-refractivity contribution in [2.45, 2.75) is 6.42 Å². The molecule has 0 saturated heterocycles. The highest BCUT2D eigenvalue weighted by molar-refractivity contribution is 7.07. The van der Waals surface area contributed by atoms with E-state index in [1.54, 1.807) is 12.4 Å². The molecule has 0 aliphatic carbocycles. The minimum Gasteiger partial charge on any atom is -0.265 e. The molecule has 0 aliphatic rings. The number of pyridine rings is 1. The van der Waals surface area contributed by atoms with E-state index < -0.39 is 0 Å². The smallest absolute Gasteiger partial charge is 0.152 e. The molecule has 12 heavy (non-hydrogen) atoms. The summed E-state index contributed by atoms with van der Waals surface area (Å²) in [7, 11) is 0. The Morgan fingerprint density at radius 1 is 1.33 bits per heavy atom. The van der Waals surface area contributed by atoms with E-state index in [1.807, 2.05) is 17.5 Å². The monoisotopic (exact) mass is 175 g/mol. The molecule has 2 rings (SSSR count). The highest BCUT2D eigenvalue weighted by Gasteiger charge is 1.96. The molecule has 0 bridgehead atoms. The van der Waals surface area contributed by atoms with Crippen molar-refractivity contribution in [2.75, 3.05) is 0 Å². The van der Waals surface area contributed by atoms with Gasteiger partial charge in [0.25, 0.3) is 0 Å². The molecule has 0 fully saturated rings. The SMILES string of the molecule is [c]1nc(Cc2ccncc2)cs1. The molecule has 3 heteroatoms. The number of rotatable bonds is 2. The van der Waals surface area contributed by atoms with Crippen LogP contribution in [-0.4, -0.2) is 9.97 Å². The molecule has 2 heterocycles. The lowest BCUT2D eigenvalue weighted by molar-refractivity contribution is 1.09. The van der Waals surface area contributed by atoms with E-state index in [9.17, 15) is 0 Å². The summed E-state index contributed by atoms with van der Waals surface area (Å²) in [4.78, 5) is 8.03. The van der Waals surface area contributed by atoms with Crippen molar-refractivity contribution in [3.63, 3.8) is 0 Å². The topological polar surface area (TPSA) is 25.8 Å². The Kier molecular flexibility index (Phi) is 2.14. The summed E-state index contributed by atoms with van der Waals surface area (Å²) >= 11 is 1.51. The Morgan fingerprint density at radius 2 is 2.17 bits per heavy atom. The van der Waals surface area contributed by atoms with Crippen LogP contribution >= 0.6 is 11.3 Å². The summed E-state index contributed by atoms with van der Waals surface area (Å²) in [5, 5.41) is 2.01. The maximum Gasteiger partial charge on any atom is 0.152 e. The fourth-order valence-electron chi connectivity index (χ4n) is 0.997. The Morgan fingerprint density at radius 3 is 2.83 bits per heavy atom. The Bertz CT molecular complexity index is 329. The van der Waals surface area contributed by atoms with Crippen molar-refractivity contribution < 1.29 is 0 Å². The number of hydrogen-bond acceptors (Lipinski definition) is 3. The van der Waals surface area contributed by atoms with Gasteiger partial charge in [-0.2, -0.15) is 0 Å². The molecule has 0 N–H and O–H groups in total. The third-order valence-corrected chi connectivity index (χ3v) is 2.16. The summed E-state index contributed by atoms with van der Waals surface area (Å²) < 4.78 is 0. The average Bonchev–Trinajstić information content (AvgIpc) is 2.59. The van der Waals surface area contributed by atoms with Crippen molar-refractivity contribution in [3.05, 3.63) is 46.7 Å². The molecule has 2 aromatic rings. The van der Waals surface area contributed by atoms with Gasteiger partial charge in [0.1, 0.15) is 0 Å². The van der Waals surface area contributed by atoms with Crippen molar-refractivity contribution in [3.8, 4) is 0 Å². The Labute approximate surface area is 74.9 Å². The van der Waals surface area contributed by atoms with E-state index in [2.05, 4.69) is 15.5 Å². The average molecular weight is 175 g/mol. The van der Waals surface area contributed by atoms with E-state index in [4.69, 9.17) is 0 Å². The predicted octanol–water partition coefficient (Wildman–Crippen LogP) is 1.93. The van der Waals surface area contributed by atoms with E-state index in [0.29, 0.717) is 0 Å². The van der Waals surface area contributed by atoms with Crippen molar-refractivity contribution >= 4 is 11.3 Å². The van der Waals surface area contributed by atoms with Gasteiger partial charge < -0.3 is 0 Å². The summed E-state index contributed by atoms with van der Waals surface area (Å²) in [6, 6.07) is 4.00. The lowest BCUT2D eigenvalue weighted by Gasteiger charge is -1.94. The number of hydrogen-bond donors (Lipinski definition) is 0. The van der Waals surface area contributed by atoms with Crippen molar-refractivity contribution in [1.82, 2.24) is 9.97 Å². The molecule has 0 spiro atoms. The molecule has 0 aromatic carbocycles. The van der Waals surface area contributed by atoms with Crippen LogP contribution in [0.4, 0.5) is 0 Å². The van der Waals surface area contributed by atoms with E-state index in [-0.39, 0.29) is 0 Å². The standard InChI is InChI=1S/C9H7N2S/c1-3-10-4-2-8(1)5-9-6-12-7-11-9/h1-4,6H,5H2. The predicted molar refractivity (Wildman–Crippen MR) is 48.0 cm³/mol. The van der Waals surface area contributed by atoms with Crippen molar-refractivity contribution in [1.29, 1.82) is 0 Å². The van der Waals surface area contributed by atoms with Crippen LogP contribution in [0.15, 0.2) is 29.9 Å². The molecule has 0 aliphatic heterocycles. The van der Waals surface area contributed by atoms with E-state index in [0.717, 1.165) is 12.1 Å². The molecular formula is C9H7N2S. The number of nitrogens with zero attached hydrogens (tertiary/aromatic N) is 2. The lowest BCUT2D eigenvalue weighted by atomic mass is 10.2. The van der Waals surface area contributed by atoms with Gasteiger partial charge in [0.2, 0.25) is 0 Å². The maximum atomic E-state index is 4.08. The van der Waals surface area contributed by atoms with Crippen LogP contribution in [-0.2, 0) is 6.42 Å². The molecule has 0 unspecified atom stereocenters. The zero-order valence-electron chi connectivity index (χ0n) is 6.40. The van der Waals surface area contributed by atoms with Gasteiger partial charge in [-0.25, -0.2) is 4.98 Å². The van der Waals surface area contributed by atoms with E-state index in [1.165, 1.54) is 16.9 Å². The van der Waals surface area contributed by atoms with Gasteiger partial charge in [-0.05, 0) is 17.7 Å². The maximum absolute atomic E-state index is 4.08. The van der Waals surface area contributed by atoms with Crippen LogP contribution in [0.2, 0.25) is 0 Å². The highest BCUT2D eigenvalue weighted by atomic mass is 32.1. The van der Waals surface area contributed by atoms with Crippen LogP contribution in [0.3, 0.4) is 0 Å². The summed E-state index contributed by atoms with van der Waals surface area (Å²) in [6.07, 6.45) is 4.47. The first-order valence-electron chi connectivity index (χ1n) is 3.64. The van der Waals surface area contributed by atoms with Crippen LogP contribution in [0, 0.1) is 5.51 Å². The van der Waals surface area contributed by atoms with Crippen LogP contribution in [0.5, 0.6) is 0 Å². The van der Waals surface area contributed by atoms with Gasteiger partial charge in [0.15, 0.2) is 5.51 Å². The van der Waals surface area contributed by atoms with Gasteiger partial charge >= 0.3 is 0 Å². The molecule has 0 atom stereocenters. The molecule has 2 aromatic heterocycles. The highest BCUT2D eigenvalue weighted by Crippen LogP contribution is 2.07. The fraction of sp³-hybridized carbons (Fsp3) is 0.111. The summed E-state index contributed by atoms with van der Waals surface area (Å²) in [5.74, 6) is 0. The Balaban J connectivity index is 2.15. The largest absolute Gasteiger partial charge is 0.265 e. The molecule has 0 amide bonds. The molecule has 2 nitrogen and oxygen atoms in total. The number of aromatic nitrogens is 2. The van der Waals surface area contributed by atoms with Gasteiger partial charge in [-0.3, -0.25) is 4.98 Å². The summed E-state index contributed by atoms with van der Waals surface area (Å²) in [5.41, 5.74) is 5.14. The second-order valence-electron chi connectivity index (χ2n) is 2.46. The minimum absolute atomic E-state index is 0.878. The van der Waals surface area contributed by atoms with Gasteiger partial charge in [0, 0.05) is 24.2 Å². The first-order chi connectivity index (χ1) is 5.95. The van der Waals surface area contributed by atoms with Gasteiger partial charge in [-0.15, -0.1) is 11.3 Å². The zero-order chi connectivity index (χ0) is 8.23.